The number of aromatic nitrogens is 2. The van der Waals surface area contributed by atoms with Gasteiger partial charge in [0.05, 0.1) is 5.69 Å². The van der Waals surface area contributed by atoms with Gasteiger partial charge in [0.2, 0.25) is 0 Å². The molecule has 1 aromatic heterocycles. The van der Waals surface area contributed by atoms with Gasteiger partial charge in [0.15, 0.2) is 0 Å². The van der Waals surface area contributed by atoms with Crippen molar-refractivity contribution in [1.29, 1.82) is 0 Å². The second-order valence-electron chi connectivity index (χ2n) is 4.52. The lowest BCUT2D eigenvalue weighted by Gasteiger charge is -2.06. The van der Waals surface area contributed by atoms with Crippen LogP contribution in [0, 0.1) is 13.8 Å². The Balaban J connectivity index is 2.48. The van der Waals surface area contributed by atoms with Crippen molar-refractivity contribution in [2.45, 2.75) is 20.4 Å². The molecule has 0 unspecified atom stereocenters. The first-order valence-electron chi connectivity index (χ1n) is 5.86. The van der Waals surface area contributed by atoms with E-state index >= 15 is 0 Å². The van der Waals surface area contributed by atoms with Gasteiger partial charge in [0, 0.05) is 25.4 Å². The van der Waals surface area contributed by atoms with Gasteiger partial charge in [0.25, 0.3) is 0 Å². The predicted molar refractivity (Wildman–Crippen MR) is 70.9 cm³/mol. The SMILES string of the molecule is CNCc1cn(C)c(-c2cc(C)ccc2C)n1. The summed E-state index contributed by atoms with van der Waals surface area (Å²) in [6, 6.07) is 6.48. The zero-order chi connectivity index (χ0) is 12.4. The topological polar surface area (TPSA) is 29.9 Å². The van der Waals surface area contributed by atoms with E-state index in [0.29, 0.717) is 0 Å². The van der Waals surface area contributed by atoms with Gasteiger partial charge in [-0.3, -0.25) is 0 Å². The van der Waals surface area contributed by atoms with Gasteiger partial charge < -0.3 is 9.88 Å². The third kappa shape index (κ3) is 2.39. The summed E-state index contributed by atoms with van der Waals surface area (Å²) >= 11 is 0. The maximum atomic E-state index is 4.67. The summed E-state index contributed by atoms with van der Waals surface area (Å²) in [5, 5.41) is 3.13. The van der Waals surface area contributed by atoms with Gasteiger partial charge in [-0.2, -0.15) is 0 Å². The van der Waals surface area contributed by atoms with Crippen LogP contribution in [0.4, 0.5) is 0 Å². The first-order valence-corrected chi connectivity index (χ1v) is 5.86. The molecule has 0 amide bonds. The van der Waals surface area contributed by atoms with Crippen LogP contribution in [0.15, 0.2) is 24.4 Å². The smallest absolute Gasteiger partial charge is 0.140 e. The molecule has 3 heteroatoms. The van der Waals surface area contributed by atoms with Gasteiger partial charge in [-0.05, 0) is 32.5 Å². The first-order chi connectivity index (χ1) is 8.11. The second-order valence-corrected chi connectivity index (χ2v) is 4.52. The maximum Gasteiger partial charge on any atom is 0.140 e. The fourth-order valence-electron chi connectivity index (χ4n) is 2.02. The molecule has 1 aromatic carbocycles. The highest BCUT2D eigenvalue weighted by Crippen LogP contribution is 2.23. The molecule has 1 N–H and O–H groups in total. The van der Waals surface area contributed by atoms with E-state index in [-0.39, 0.29) is 0 Å². The van der Waals surface area contributed by atoms with Crippen molar-refractivity contribution < 1.29 is 0 Å². The van der Waals surface area contributed by atoms with Crippen LogP contribution in [-0.4, -0.2) is 16.6 Å². The normalized spacial score (nSPS) is 10.8. The minimum Gasteiger partial charge on any atom is -0.334 e. The molecular weight excluding hydrogens is 210 g/mol. The molecular formula is C14H19N3. The minimum absolute atomic E-state index is 0.804. The molecule has 90 valence electrons. The van der Waals surface area contributed by atoms with Crippen LogP contribution in [0.3, 0.4) is 0 Å². The summed E-state index contributed by atoms with van der Waals surface area (Å²) in [6.07, 6.45) is 2.08. The fraction of sp³-hybridized carbons (Fsp3) is 0.357. The molecule has 0 saturated carbocycles. The Morgan fingerprint density at radius 3 is 2.76 bits per heavy atom. The maximum absolute atomic E-state index is 4.67. The molecule has 1 heterocycles. The fourth-order valence-corrected chi connectivity index (χ4v) is 2.02. The van der Waals surface area contributed by atoms with Gasteiger partial charge in [-0.25, -0.2) is 4.98 Å². The van der Waals surface area contributed by atoms with Crippen molar-refractivity contribution in [1.82, 2.24) is 14.9 Å². The first kappa shape index (κ1) is 11.9. The molecule has 17 heavy (non-hydrogen) atoms. The molecule has 0 saturated heterocycles. The molecule has 0 aliphatic rings. The Hall–Kier alpha value is -1.61. The average Bonchev–Trinajstić information content (AvgIpc) is 2.64. The van der Waals surface area contributed by atoms with E-state index in [4.69, 9.17) is 0 Å². The van der Waals surface area contributed by atoms with Crippen molar-refractivity contribution in [2.24, 2.45) is 7.05 Å². The molecule has 0 atom stereocenters. The molecule has 2 rings (SSSR count). The summed E-state index contributed by atoms with van der Waals surface area (Å²) in [7, 11) is 3.98. The van der Waals surface area contributed by atoms with Crippen molar-refractivity contribution >= 4 is 0 Å². The van der Waals surface area contributed by atoms with Crippen molar-refractivity contribution in [3.05, 3.63) is 41.2 Å². The molecule has 0 spiro atoms. The van der Waals surface area contributed by atoms with Crippen LogP contribution in [0.5, 0.6) is 0 Å². The van der Waals surface area contributed by atoms with Crippen LogP contribution >= 0.6 is 0 Å². The van der Waals surface area contributed by atoms with E-state index in [0.717, 1.165) is 18.1 Å². The number of nitrogens with one attached hydrogen (secondary N) is 1. The summed E-state index contributed by atoms with van der Waals surface area (Å²) < 4.78 is 2.09. The quantitative estimate of drug-likeness (QED) is 0.876. The number of benzene rings is 1. The lowest BCUT2D eigenvalue weighted by molar-refractivity contribution is 0.795. The van der Waals surface area contributed by atoms with Gasteiger partial charge >= 0.3 is 0 Å². The molecule has 0 radical (unpaired) electrons. The van der Waals surface area contributed by atoms with Gasteiger partial charge in [0.1, 0.15) is 5.82 Å². The van der Waals surface area contributed by atoms with Crippen molar-refractivity contribution in [3.63, 3.8) is 0 Å². The van der Waals surface area contributed by atoms with E-state index in [1.807, 2.05) is 14.1 Å². The number of nitrogens with zero attached hydrogens (tertiary/aromatic N) is 2. The van der Waals surface area contributed by atoms with Crippen LogP contribution in [0.2, 0.25) is 0 Å². The highest BCUT2D eigenvalue weighted by atomic mass is 15.1. The lowest BCUT2D eigenvalue weighted by atomic mass is 10.1. The van der Waals surface area contributed by atoms with Crippen LogP contribution in [0.25, 0.3) is 11.4 Å². The van der Waals surface area contributed by atoms with Crippen molar-refractivity contribution in [2.75, 3.05) is 7.05 Å². The molecule has 0 aliphatic heterocycles. The highest BCUT2D eigenvalue weighted by Gasteiger charge is 2.09. The number of imidazole rings is 1. The number of hydrogen-bond donors (Lipinski definition) is 1. The Labute approximate surface area is 103 Å². The Morgan fingerprint density at radius 2 is 2.06 bits per heavy atom. The number of rotatable bonds is 3. The summed E-state index contributed by atoms with van der Waals surface area (Å²) in [5.74, 6) is 1.04. The summed E-state index contributed by atoms with van der Waals surface area (Å²) in [5.41, 5.74) is 4.82. The van der Waals surface area contributed by atoms with Crippen LogP contribution < -0.4 is 5.32 Å². The van der Waals surface area contributed by atoms with Crippen LogP contribution in [0.1, 0.15) is 16.8 Å². The molecule has 0 fully saturated rings. The molecule has 2 aromatic rings. The Kier molecular flexibility index (Phi) is 3.29. The third-order valence-electron chi connectivity index (χ3n) is 2.92. The number of aryl methyl sites for hydroxylation is 3. The average molecular weight is 229 g/mol. The molecule has 0 aliphatic carbocycles. The Morgan fingerprint density at radius 1 is 1.29 bits per heavy atom. The zero-order valence-electron chi connectivity index (χ0n) is 10.9. The van der Waals surface area contributed by atoms with E-state index in [1.54, 1.807) is 0 Å². The summed E-state index contributed by atoms with van der Waals surface area (Å²) in [4.78, 5) is 4.67. The second kappa shape index (κ2) is 4.72. The van der Waals surface area contributed by atoms with Crippen LogP contribution in [-0.2, 0) is 13.6 Å². The van der Waals surface area contributed by atoms with Gasteiger partial charge in [-0.15, -0.1) is 0 Å². The van der Waals surface area contributed by atoms with Gasteiger partial charge in [-0.1, -0.05) is 17.7 Å². The molecule has 3 nitrogen and oxygen atoms in total. The van der Waals surface area contributed by atoms with E-state index in [9.17, 15) is 0 Å². The highest BCUT2D eigenvalue weighted by molar-refractivity contribution is 5.61. The largest absolute Gasteiger partial charge is 0.334 e. The van der Waals surface area contributed by atoms with E-state index < -0.39 is 0 Å². The predicted octanol–water partition coefficient (Wildman–Crippen LogP) is 2.42. The Bertz CT molecular complexity index is 526. The standard InChI is InChI=1S/C14H19N3/c1-10-5-6-11(2)13(7-10)14-16-12(8-15-3)9-17(14)4/h5-7,9,15H,8H2,1-4H3. The monoisotopic (exact) mass is 229 g/mol. The minimum atomic E-state index is 0.804. The number of hydrogen-bond acceptors (Lipinski definition) is 2. The molecule has 0 bridgehead atoms. The zero-order valence-corrected chi connectivity index (χ0v) is 10.9. The lowest BCUT2D eigenvalue weighted by Crippen LogP contribution is -2.04. The third-order valence-corrected chi connectivity index (χ3v) is 2.92. The summed E-state index contributed by atoms with van der Waals surface area (Å²) in [6.45, 7) is 5.04. The van der Waals surface area contributed by atoms with E-state index in [2.05, 4.69) is 53.1 Å². The van der Waals surface area contributed by atoms with Crippen molar-refractivity contribution in [3.8, 4) is 11.4 Å². The van der Waals surface area contributed by atoms with E-state index in [1.165, 1.54) is 16.7 Å².